The van der Waals surface area contributed by atoms with Crippen LogP contribution in [0.5, 0.6) is 0 Å². The summed E-state index contributed by atoms with van der Waals surface area (Å²) in [7, 11) is 0. The summed E-state index contributed by atoms with van der Waals surface area (Å²) in [5, 5.41) is 4.54. The number of benzene rings is 1. The fourth-order valence-electron chi connectivity index (χ4n) is 1.46. The van der Waals surface area contributed by atoms with Crippen LogP contribution in [0.4, 0.5) is 0 Å². The van der Waals surface area contributed by atoms with Gasteiger partial charge in [-0.2, -0.15) is 0 Å². The molecule has 19 heavy (non-hydrogen) atoms. The highest BCUT2D eigenvalue weighted by Crippen LogP contribution is 2.27. The van der Waals surface area contributed by atoms with E-state index in [-0.39, 0.29) is 11.8 Å². The molecule has 106 valence electrons. The number of carbonyl (C=O) groups is 1. The van der Waals surface area contributed by atoms with Crippen LogP contribution in [0.25, 0.3) is 0 Å². The van der Waals surface area contributed by atoms with Crippen LogP contribution in [0, 0.1) is 5.92 Å². The van der Waals surface area contributed by atoms with Crippen molar-refractivity contribution in [1.29, 1.82) is 0 Å². The predicted molar refractivity (Wildman–Crippen MR) is 79.1 cm³/mol. The van der Waals surface area contributed by atoms with Crippen molar-refractivity contribution < 1.29 is 10.1 Å². The number of alkyl halides is 3. The molecule has 1 aromatic carbocycles. The van der Waals surface area contributed by atoms with E-state index in [1.807, 2.05) is 35.6 Å². The highest BCUT2D eigenvalue weighted by molar-refractivity contribution is 6.68. The number of quaternary nitrogens is 1. The molecule has 0 saturated carbocycles. The highest BCUT2D eigenvalue weighted by atomic mass is 35.6. The lowest BCUT2D eigenvalue weighted by atomic mass is 10.2. The zero-order valence-electron chi connectivity index (χ0n) is 10.9. The number of carbonyl (C=O) groups excluding carboxylic acids is 1. The van der Waals surface area contributed by atoms with E-state index in [4.69, 9.17) is 34.8 Å². The van der Waals surface area contributed by atoms with Crippen molar-refractivity contribution in [2.45, 2.75) is 30.4 Å². The maximum absolute atomic E-state index is 11.7. The quantitative estimate of drug-likeness (QED) is 0.633. The SMILES string of the molecule is CC(C)C(=O)N[C@@H]([NH2+]Cc1ccccc1)C(Cl)(Cl)Cl. The van der Waals surface area contributed by atoms with Crippen molar-refractivity contribution in [3.05, 3.63) is 35.9 Å². The van der Waals surface area contributed by atoms with Crippen LogP contribution in [0.1, 0.15) is 19.4 Å². The van der Waals surface area contributed by atoms with Gasteiger partial charge in [0.1, 0.15) is 6.54 Å². The van der Waals surface area contributed by atoms with E-state index in [9.17, 15) is 4.79 Å². The minimum atomic E-state index is -1.56. The topological polar surface area (TPSA) is 45.7 Å². The third-order valence-corrected chi connectivity index (χ3v) is 3.31. The van der Waals surface area contributed by atoms with Crippen molar-refractivity contribution in [2.24, 2.45) is 5.92 Å². The van der Waals surface area contributed by atoms with E-state index < -0.39 is 9.96 Å². The molecule has 0 saturated heterocycles. The first-order chi connectivity index (χ1) is 8.80. The van der Waals surface area contributed by atoms with Gasteiger partial charge in [0.15, 0.2) is 0 Å². The molecule has 0 fully saturated rings. The Morgan fingerprint density at radius 1 is 1.26 bits per heavy atom. The number of hydrogen-bond acceptors (Lipinski definition) is 1. The Kier molecular flexibility index (Phi) is 6.40. The summed E-state index contributed by atoms with van der Waals surface area (Å²) < 4.78 is -1.56. The average molecular weight is 325 g/mol. The summed E-state index contributed by atoms with van der Waals surface area (Å²) in [4.78, 5) is 11.7. The first kappa shape index (κ1) is 16.6. The fourth-order valence-corrected chi connectivity index (χ4v) is 1.89. The molecule has 0 bridgehead atoms. The zero-order chi connectivity index (χ0) is 14.5. The van der Waals surface area contributed by atoms with E-state index >= 15 is 0 Å². The van der Waals surface area contributed by atoms with E-state index in [1.165, 1.54) is 0 Å². The van der Waals surface area contributed by atoms with Crippen molar-refractivity contribution in [3.63, 3.8) is 0 Å². The molecule has 0 spiro atoms. The Morgan fingerprint density at radius 3 is 2.32 bits per heavy atom. The summed E-state index contributed by atoms with van der Waals surface area (Å²) in [6, 6.07) is 9.79. The molecule has 6 heteroatoms. The first-order valence-corrected chi connectivity index (χ1v) is 7.18. The molecule has 1 atom stereocenters. The molecule has 0 aliphatic heterocycles. The van der Waals surface area contributed by atoms with Crippen LogP contribution >= 0.6 is 34.8 Å². The molecule has 0 aliphatic carbocycles. The van der Waals surface area contributed by atoms with Crippen LogP contribution in [0.3, 0.4) is 0 Å². The molecule has 3 N–H and O–H groups in total. The molecule has 0 radical (unpaired) electrons. The van der Waals surface area contributed by atoms with Gasteiger partial charge in [-0.15, -0.1) is 0 Å². The number of hydrogen-bond donors (Lipinski definition) is 2. The maximum Gasteiger partial charge on any atom is 0.262 e. The Balaban J connectivity index is 2.63. The third-order valence-electron chi connectivity index (χ3n) is 2.61. The smallest absolute Gasteiger partial charge is 0.262 e. The van der Waals surface area contributed by atoms with Crippen molar-refractivity contribution >= 4 is 40.7 Å². The summed E-state index contributed by atoms with van der Waals surface area (Å²) in [5.41, 5.74) is 1.10. The van der Waals surface area contributed by atoms with Gasteiger partial charge in [-0.3, -0.25) is 4.79 Å². The predicted octanol–water partition coefficient (Wildman–Crippen LogP) is 2.22. The Bertz CT molecular complexity index is 404. The Morgan fingerprint density at radius 2 is 1.84 bits per heavy atom. The van der Waals surface area contributed by atoms with Gasteiger partial charge in [0.05, 0.1) is 0 Å². The second-order valence-electron chi connectivity index (χ2n) is 4.61. The van der Waals surface area contributed by atoms with Gasteiger partial charge in [-0.05, 0) is 0 Å². The minimum absolute atomic E-state index is 0.138. The van der Waals surface area contributed by atoms with Gasteiger partial charge in [-0.25, -0.2) is 0 Å². The summed E-state index contributed by atoms with van der Waals surface area (Å²) in [6.45, 7) is 4.21. The lowest BCUT2D eigenvalue weighted by Crippen LogP contribution is -2.95. The molecule has 0 unspecified atom stereocenters. The summed E-state index contributed by atoms with van der Waals surface area (Å²) in [6.07, 6.45) is -0.618. The van der Waals surface area contributed by atoms with E-state index in [1.54, 1.807) is 13.8 Å². The molecule has 0 aliphatic rings. The summed E-state index contributed by atoms with van der Waals surface area (Å²) in [5.74, 6) is -0.291. The van der Waals surface area contributed by atoms with Crippen molar-refractivity contribution in [1.82, 2.24) is 5.32 Å². The standard InChI is InChI=1S/C13H17Cl3N2O/c1-9(2)11(19)18-12(13(14,15)16)17-8-10-6-4-3-5-7-10/h3-7,9,12,17H,8H2,1-2H3,(H,18,19)/p+1/t12-/m1/s1. The molecule has 1 rings (SSSR count). The first-order valence-electron chi connectivity index (χ1n) is 6.05. The average Bonchev–Trinajstić information content (AvgIpc) is 2.33. The second-order valence-corrected chi connectivity index (χ2v) is 6.98. The molecule has 0 heterocycles. The van der Waals surface area contributed by atoms with Gasteiger partial charge in [0.25, 0.3) is 3.79 Å². The molecule has 0 aromatic heterocycles. The van der Waals surface area contributed by atoms with Crippen LogP contribution in [-0.2, 0) is 11.3 Å². The number of halogens is 3. The highest BCUT2D eigenvalue weighted by Gasteiger charge is 2.37. The van der Waals surface area contributed by atoms with Gasteiger partial charge in [0, 0.05) is 11.5 Å². The van der Waals surface area contributed by atoms with Gasteiger partial charge >= 0.3 is 0 Å². The molecule has 1 amide bonds. The van der Waals surface area contributed by atoms with Gasteiger partial charge in [0.2, 0.25) is 12.1 Å². The van der Waals surface area contributed by atoms with E-state index in [2.05, 4.69) is 5.32 Å². The lowest BCUT2D eigenvalue weighted by molar-refractivity contribution is -0.707. The van der Waals surface area contributed by atoms with E-state index in [0.29, 0.717) is 6.54 Å². The van der Waals surface area contributed by atoms with Crippen LogP contribution in [0.15, 0.2) is 30.3 Å². The van der Waals surface area contributed by atoms with Gasteiger partial charge in [-0.1, -0.05) is 79.0 Å². The number of nitrogens with one attached hydrogen (secondary N) is 1. The largest absolute Gasteiger partial charge is 0.319 e. The number of rotatable bonds is 5. The fraction of sp³-hybridized carbons (Fsp3) is 0.462. The second kappa shape index (κ2) is 7.34. The number of nitrogens with two attached hydrogens (primary N) is 1. The monoisotopic (exact) mass is 323 g/mol. The molecule has 3 nitrogen and oxygen atoms in total. The van der Waals surface area contributed by atoms with Crippen molar-refractivity contribution in [2.75, 3.05) is 0 Å². The zero-order valence-corrected chi connectivity index (χ0v) is 13.1. The maximum atomic E-state index is 11.7. The minimum Gasteiger partial charge on any atom is -0.319 e. The van der Waals surface area contributed by atoms with Crippen molar-refractivity contribution in [3.8, 4) is 0 Å². The van der Waals surface area contributed by atoms with E-state index in [0.717, 1.165) is 5.56 Å². The third kappa shape index (κ3) is 6.00. The summed E-state index contributed by atoms with van der Waals surface area (Å²) >= 11 is 17.7. The lowest BCUT2D eigenvalue weighted by Gasteiger charge is -2.24. The Hall–Kier alpha value is -0.480. The molecular weight excluding hydrogens is 307 g/mol. The van der Waals surface area contributed by atoms with Gasteiger partial charge < -0.3 is 10.6 Å². The molecular formula is C13H18Cl3N2O+. The van der Waals surface area contributed by atoms with Crippen LogP contribution in [-0.4, -0.2) is 15.9 Å². The normalized spacial score (nSPS) is 13.4. The van der Waals surface area contributed by atoms with Crippen LogP contribution in [0.2, 0.25) is 0 Å². The Labute approximate surface area is 128 Å². The molecule has 1 aromatic rings. The number of amides is 1. The van der Waals surface area contributed by atoms with Crippen LogP contribution < -0.4 is 10.6 Å².